The predicted octanol–water partition coefficient (Wildman–Crippen LogP) is 4.24. The third-order valence-corrected chi connectivity index (χ3v) is 3.46. The van der Waals surface area contributed by atoms with Gasteiger partial charge in [-0.3, -0.25) is 4.99 Å². The van der Waals surface area contributed by atoms with Crippen LogP contribution in [0, 0.1) is 0 Å². The van der Waals surface area contributed by atoms with Crippen molar-refractivity contribution in [3.8, 4) is 0 Å². The van der Waals surface area contributed by atoms with Gasteiger partial charge in [0.1, 0.15) is 0 Å². The number of hydrogen-bond donors (Lipinski definition) is 0. The minimum Gasteiger partial charge on any atom is -0.254 e. The molecule has 0 N–H and O–H groups in total. The zero-order valence-corrected chi connectivity index (χ0v) is 10.2. The number of aliphatic imine (C=N–C) groups is 2. The van der Waals surface area contributed by atoms with Crippen molar-refractivity contribution in [1.29, 1.82) is 0 Å². The van der Waals surface area contributed by atoms with Gasteiger partial charge in [0.15, 0.2) is 0 Å². The van der Waals surface area contributed by atoms with E-state index in [1.165, 1.54) is 16.2 Å². The molecule has 0 aromatic heterocycles. The van der Waals surface area contributed by atoms with Crippen LogP contribution in [0.15, 0.2) is 64.7 Å². The summed E-state index contributed by atoms with van der Waals surface area (Å²) >= 11 is 0. The lowest BCUT2D eigenvalue weighted by molar-refractivity contribution is 1.60. The number of benzene rings is 3. The SMILES string of the molecule is C1=CN=Cc2c(c3ccccc3c3ccccc23)N=1. The maximum Gasteiger partial charge on any atom is 0.0902 e. The molecule has 0 unspecified atom stereocenters. The molecule has 3 aromatic rings. The average molecular weight is 242 g/mol. The highest BCUT2D eigenvalue weighted by Crippen LogP contribution is 2.37. The van der Waals surface area contributed by atoms with Gasteiger partial charge in [0.2, 0.25) is 0 Å². The van der Waals surface area contributed by atoms with Crippen molar-refractivity contribution in [3.63, 3.8) is 0 Å². The van der Waals surface area contributed by atoms with Gasteiger partial charge in [0, 0.05) is 23.0 Å². The van der Waals surface area contributed by atoms with E-state index in [1.54, 1.807) is 6.20 Å². The molecule has 0 amide bonds. The molecule has 0 radical (unpaired) electrons. The van der Waals surface area contributed by atoms with Gasteiger partial charge in [-0.05, 0) is 16.2 Å². The van der Waals surface area contributed by atoms with Gasteiger partial charge >= 0.3 is 0 Å². The van der Waals surface area contributed by atoms with Crippen molar-refractivity contribution in [2.75, 3.05) is 0 Å². The molecule has 1 heterocycles. The Morgan fingerprint density at radius 3 is 2.16 bits per heavy atom. The fourth-order valence-electron chi connectivity index (χ4n) is 2.64. The normalized spacial score (nSPS) is 12.8. The summed E-state index contributed by atoms with van der Waals surface area (Å²) < 4.78 is 0. The first-order valence-corrected chi connectivity index (χ1v) is 6.20. The molecule has 4 rings (SSSR count). The van der Waals surface area contributed by atoms with Crippen molar-refractivity contribution in [2.24, 2.45) is 9.98 Å². The molecule has 88 valence electrons. The molecule has 0 aliphatic carbocycles. The molecule has 0 atom stereocenters. The van der Waals surface area contributed by atoms with Gasteiger partial charge in [-0.2, -0.15) is 0 Å². The molecule has 1 aliphatic heterocycles. The maximum atomic E-state index is 4.43. The van der Waals surface area contributed by atoms with E-state index in [4.69, 9.17) is 0 Å². The number of rotatable bonds is 0. The summed E-state index contributed by atoms with van der Waals surface area (Å²) in [4.78, 5) is 8.65. The van der Waals surface area contributed by atoms with E-state index < -0.39 is 0 Å². The van der Waals surface area contributed by atoms with Crippen LogP contribution in [0.4, 0.5) is 5.69 Å². The smallest absolute Gasteiger partial charge is 0.0902 e. The zero-order valence-electron chi connectivity index (χ0n) is 10.2. The lowest BCUT2D eigenvalue weighted by Gasteiger charge is -2.10. The van der Waals surface area contributed by atoms with Crippen LogP contribution in [0.5, 0.6) is 0 Å². The summed E-state index contributed by atoms with van der Waals surface area (Å²) in [5.41, 5.74) is 2.02. The van der Waals surface area contributed by atoms with Crippen molar-refractivity contribution >= 4 is 39.3 Å². The van der Waals surface area contributed by atoms with Crippen LogP contribution in [-0.2, 0) is 0 Å². The molecule has 0 spiro atoms. The van der Waals surface area contributed by atoms with Crippen molar-refractivity contribution in [1.82, 2.24) is 0 Å². The minimum absolute atomic E-state index is 0.951. The quantitative estimate of drug-likeness (QED) is 0.527. The van der Waals surface area contributed by atoms with Crippen LogP contribution >= 0.6 is 0 Å². The fourth-order valence-corrected chi connectivity index (χ4v) is 2.64. The van der Waals surface area contributed by atoms with Gasteiger partial charge in [0.05, 0.1) is 11.9 Å². The monoisotopic (exact) mass is 242 g/mol. The first-order chi connectivity index (χ1) is 9.45. The van der Waals surface area contributed by atoms with E-state index in [-0.39, 0.29) is 0 Å². The standard InChI is InChI=1S/C17H10N2/c1-2-7-14-12(5-1)13-6-3-4-8-15(13)17-16(14)11-18-9-10-19-17/h1-9,11H. The van der Waals surface area contributed by atoms with Gasteiger partial charge in [0.25, 0.3) is 0 Å². The van der Waals surface area contributed by atoms with E-state index in [9.17, 15) is 0 Å². The van der Waals surface area contributed by atoms with Crippen LogP contribution in [0.1, 0.15) is 5.56 Å². The number of fused-ring (bicyclic) bond motifs is 6. The highest BCUT2D eigenvalue weighted by atomic mass is 14.8. The average Bonchev–Trinajstić information content (AvgIpc) is 2.73. The van der Waals surface area contributed by atoms with Crippen LogP contribution < -0.4 is 0 Å². The van der Waals surface area contributed by atoms with E-state index >= 15 is 0 Å². The van der Waals surface area contributed by atoms with E-state index in [0.29, 0.717) is 0 Å². The largest absolute Gasteiger partial charge is 0.254 e. The van der Waals surface area contributed by atoms with Gasteiger partial charge in [-0.25, -0.2) is 4.99 Å². The van der Waals surface area contributed by atoms with Crippen LogP contribution in [0.25, 0.3) is 21.5 Å². The van der Waals surface area contributed by atoms with Crippen molar-refractivity contribution < 1.29 is 0 Å². The zero-order chi connectivity index (χ0) is 12.7. The topological polar surface area (TPSA) is 24.7 Å². The molecule has 1 aliphatic rings. The minimum atomic E-state index is 0.951. The molecule has 0 saturated heterocycles. The lowest BCUT2D eigenvalue weighted by Crippen LogP contribution is -1.88. The highest BCUT2D eigenvalue weighted by molar-refractivity contribution is 6.20. The third-order valence-electron chi connectivity index (χ3n) is 3.46. The lowest BCUT2D eigenvalue weighted by atomic mass is 9.95. The Kier molecular flexibility index (Phi) is 2.11. The highest BCUT2D eigenvalue weighted by Gasteiger charge is 2.12. The summed E-state index contributed by atoms with van der Waals surface area (Å²) in [6.07, 6.45) is 3.47. The Morgan fingerprint density at radius 1 is 0.737 bits per heavy atom. The first-order valence-electron chi connectivity index (χ1n) is 6.20. The molecular formula is C17H10N2. The Labute approximate surface area is 110 Å². The molecule has 3 aromatic carbocycles. The van der Waals surface area contributed by atoms with E-state index in [1.807, 2.05) is 18.3 Å². The molecule has 0 saturated carbocycles. The Bertz CT molecular complexity index is 898. The van der Waals surface area contributed by atoms with E-state index in [2.05, 4.69) is 52.3 Å². The number of hydrogen-bond acceptors (Lipinski definition) is 2. The summed E-state index contributed by atoms with van der Waals surface area (Å²) in [7, 11) is 0. The second kappa shape index (κ2) is 3.91. The second-order valence-corrected chi connectivity index (χ2v) is 4.50. The summed E-state index contributed by atoms with van der Waals surface area (Å²) in [5.74, 6) is 2.86. The summed E-state index contributed by atoms with van der Waals surface area (Å²) in [5, 5.41) is 4.78. The van der Waals surface area contributed by atoms with Gasteiger partial charge in [-0.1, -0.05) is 48.5 Å². The Balaban J connectivity index is 2.36. The summed E-state index contributed by atoms with van der Waals surface area (Å²) in [6.45, 7) is 0. The fraction of sp³-hybridized carbons (Fsp3) is 0. The van der Waals surface area contributed by atoms with Gasteiger partial charge in [-0.15, -0.1) is 0 Å². The first kappa shape index (κ1) is 10.2. The third kappa shape index (κ3) is 1.44. The van der Waals surface area contributed by atoms with Crippen LogP contribution in [-0.4, -0.2) is 12.1 Å². The molecule has 19 heavy (non-hydrogen) atoms. The van der Waals surface area contributed by atoms with Crippen molar-refractivity contribution in [3.05, 3.63) is 60.3 Å². The number of nitrogens with zero attached hydrogens (tertiary/aromatic N) is 2. The second-order valence-electron chi connectivity index (χ2n) is 4.50. The maximum absolute atomic E-state index is 4.43. The molecule has 2 heteroatoms. The Morgan fingerprint density at radius 2 is 1.37 bits per heavy atom. The Hall–Kier alpha value is -2.70. The molecule has 0 fully saturated rings. The predicted molar refractivity (Wildman–Crippen MR) is 80.7 cm³/mol. The van der Waals surface area contributed by atoms with Crippen molar-refractivity contribution in [2.45, 2.75) is 0 Å². The van der Waals surface area contributed by atoms with Gasteiger partial charge < -0.3 is 0 Å². The molecule has 0 bridgehead atoms. The van der Waals surface area contributed by atoms with Crippen LogP contribution in [0.2, 0.25) is 0 Å². The molecular weight excluding hydrogens is 232 g/mol. The summed E-state index contributed by atoms with van der Waals surface area (Å²) in [6, 6.07) is 16.7. The van der Waals surface area contributed by atoms with Crippen LogP contribution in [0.3, 0.4) is 0 Å². The van der Waals surface area contributed by atoms with E-state index in [0.717, 1.165) is 16.6 Å². The molecule has 2 nitrogen and oxygen atoms in total.